The van der Waals surface area contributed by atoms with E-state index in [1.54, 1.807) is 36.4 Å². The molecule has 6 heteroatoms. The van der Waals surface area contributed by atoms with E-state index < -0.39 is 10.0 Å². The molecule has 3 aromatic carbocycles. The second kappa shape index (κ2) is 7.81. The number of sulfonamides is 1. The summed E-state index contributed by atoms with van der Waals surface area (Å²) in [6, 6.07) is 21.5. The van der Waals surface area contributed by atoms with Crippen LogP contribution in [0.1, 0.15) is 11.1 Å². The predicted octanol–water partition coefficient (Wildman–Crippen LogP) is 5.06. The Labute approximate surface area is 158 Å². The monoisotopic (exact) mass is 386 g/mol. The molecule has 0 radical (unpaired) electrons. The van der Waals surface area contributed by atoms with E-state index in [2.05, 4.69) is 10.0 Å². The van der Waals surface area contributed by atoms with Gasteiger partial charge in [-0.1, -0.05) is 41.4 Å². The lowest BCUT2D eigenvalue weighted by atomic mass is 10.2. The van der Waals surface area contributed by atoms with Crippen molar-refractivity contribution in [2.45, 2.75) is 18.4 Å². The number of nitrogens with one attached hydrogen (secondary N) is 2. The smallest absolute Gasteiger partial charge is 0.261 e. The third-order valence-electron chi connectivity index (χ3n) is 3.88. The SMILES string of the molecule is Cc1ccc(S(=O)(=O)Nc2ccc(NCc3ccc(Cl)cc3)cc2)cc1. The summed E-state index contributed by atoms with van der Waals surface area (Å²) in [4.78, 5) is 0.244. The number of halogens is 1. The first kappa shape index (κ1) is 18.3. The quantitative estimate of drug-likeness (QED) is 0.622. The summed E-state index contributed by atoms with van der Waals surface area (Å²) < 4.78 is 27.4. The lowest BCUT2D eigenvalue weighted by Gasteiger charge is -2.10. The van der Waals surface area contributed by atoms with Gasteiger partial charge in [-0.2, -0.15) is 0 Å². The molecule has 3 aromatic rings. The van der Waals surface area contributed by atoms with Crippen LogP contribution in [-0.2, 0) is 16.6 Å². The Balaban J connectivity index is 1.63. The second-order valence-corrected chi connectivity index (χ2v) is 8.09. The highest BCUT2D eigenvalue weighted by molar-refractivity contribution is 7.92. The maximum Gasteiger partial charge on any atom is 0.261 e. The predicted molar refractivity (Wildman–Crippen MR) is 107 cm³/mol. The van der Waals surface area contributed by atoms with E-state index >= 15 is 0 Å². The van der Waals surface area contributed by atoms with Gasteiger partial charge in [0, 0.05) is 22.9 Å². The first-order valence-electron chi connectivity index (χ1n) is 8.10. The zero-order chi connectivity index (χ0) is 18.6. The summed E-state index contributed by atoms with van der Waals surface area (Å²) >= 11 is 5.87. The van der Waals surface area contributed by atoms with E-state index in [4.69, 9.17) is 11.6 Å². The van der Waals surface area contributed by atoms with Gasteiger partial charge in [-0.15, -0.1) is 0 Å². The largest absolute Gasteiger partial charge is 0.381 e. The summed E-state index contributed by atoms with van der Waals surface area (Å²) in [5, 5.41) is 4.00. The van der Waals surface area contributed by atoms with Crippen molar-refractivity contribution >= 4 is 33.0 Å². The van der Waals surface area contributed by atoms with Gasteiger partial charge >= 0.3 is 0 Å². The molecule has 2 N–H and O–H groups in total. The Kier molecular flexibility index (Phi) is 5.49. The molecule has 0 spiro atoms. The fraction of sp³-hybridized carbons (Fsp3) is 0.100. The van der Waals surface area contributed by atoms with Crippen LogP contribution in [0, 0.1) is 6.92 Å². The molecule has 0 heterocycles. The van der Waals surface area contributed by atoms with Crippen LogP contribution in [0.4, 0.5) is 11.4 Å². The molecule has 0 bridgehead atoms. The highest BCUT2D eigenvalue weighted by Crippen LogP contribution is 2.19. The summed E-state index contributed by atoms with van der Waals surface area (Å²) in [5.41, 5.74) is 3.54. The van der Waals surface area contributed by atoms with E-state index in [0.29, 0.717) is 17.3 Å². The van der Waals surface area contributed by atoms with Crippen molar-refractivity contribution in [3.8, 4) is 0 Å². The minimum Gasteiger partial charge on any atom is -0.381 e. The van der Waals surface area contributed by atoms with Crippen LogP contribution >= 0.6 is 11.6 Å². The fourth-order valence-electron chi connectivity index (χ4n) is 2.39. The van der Waals surface area contributed by atoms with Crippen LogP contribution < -0.4 is 10.0 Å². The van der Waals surface area contributed by atoms with Gasteiger partial charge in [-0.3, -0.25) is 4.72 Å². The molecule has 0 atom stereocenters. The van der Waals surface area contributed by atoms with Crippen LogP contribution in [0.3, 0.4) is 0 Å². The molecule has 0 unspecified atom stereocenters. The molecule has 0 saturated carbocycles. The Hall–Kier alpha value is -2.50. The van der Waals surface area contributed by atoms with E-state index in [-0.39, 0.29) is 4.90 Å². The fourth-order valence-corrected chi connectivity index (χ4v) is 3.58. The van der Waals surface area contributed by atoms with Crippen LogP contribution in [0.15, 0.2) is 77.7 Å². The normalized spacial score (nSPS) is 11.2. The summed E-state index contributed by atoms with van der Waals surface area (Å²) in [6.07, 6.45) is 0. The molecule has 0 aliphatic heterocycles. The number of rotatable bonds is 6. The average molecular weight is 387 g/mol. The van der Waals surface area contributed by atoms with Gasteiger partial charge in [0.25, 0.3) is 10.0 Å². The van der Waals surface area contributed by atoms with E-state index in [9.17, 15) is 8.42 Å². The van der Waals surface area contributed by atoms with E-state index in [1.807, 2.05) is 43.3 Å². The van der Waals surface area contributed by atoms with Gasteiger partial charge in [-0.25, -0.2) is 8.42 Å². The average Bonchev–Trinajstić information content (AvgIpc) is 2.62. The zero-order valence-electron chi connectivity index (χ0n) is 14.2. The molecule has 3 rings (SSSR count). The first-order valence-corrected chi connectivity index (χ1v) is 9.96. The molecule has 0 saturated heterocycles. The molecule has 0 amide bonds. The number of hydrogen-bond acceptors (Lipinski definition) is 3. The second-order valence-electron chi connectivity index (χ2n) is 5.98. The Morgan fingerprint density at radius 2 is 1.38 bits per heavy atom. The van der Waals surface area contributed by atoms with Crippen molar-refractivity contribution < 1.29 is 8.42 Å². The van der Waals surface area contributed by atoms with Crippen molar-refractivity contribution in [1.29, 1.82) is 0 Å². The van der Waals surface area contributed by atoms with Crippen LogP contribution in [0.2, 0.25) is 5.02 Å². The van der Waals surface area contributed by atoms with Gasteiger partial charge in [0.1, 0.15) is 0 Å². The molecule has 0 fully saturated rings. The molecule has 26 heavy (non-hydrogen) atoms. The van der Waals surface area contributed by atoms with Crippen molar-refractivity contribution in [2.75, 3.05) is 10.0 Å². The number of benzene rings is 3. The maximum atomic E-state index is 12.4. The van der Waals surface area contributed by atoms with E-state index in [1.165, 1.54) is 0 Å². The maximum absolute atomic E-state index is 12.4. The first-order chi connectivity index (χ1) is 12.4. The van der Waals surface area contributed by atoms with Crippen LogP contribution in [-0.4, -0.2) is 8.42 Å². The van der Waals surface area contributed by atoms with Crippen molar-refractivity contribution in [1.82, 2.24) is 0 Å². The lowest BCUT2D eigenvalue weighted by Crippen LogP contribution is -2.12. The molecular weight excluding hydrogens is 368 g/mol. The third-order valence-corrected chi connectivity index (χ3v) is 5.53. The molecule has 0 aliphatic carbocycles. The molecule has 0 aromatic heterocycles. The summed E-state index contributed by atoms with van der Waals surface area (Å²) in [7, 11) is -3.59. The van der Waals surface area contributed by atoms with Crippen molar-refractivity contribution in [3.05, 3.63) is 88.9 Å². The molecule has 134 valence electrons. The minimum atomic E-state index is -3.59. The standard InChI is InChI=1S/C20H19ClN2O2S/c1-15-2-12-20(13-3-15)26(24,25)23-19-10-8-18(9-11-19)22-14-16-4-6-17(21)7-5-16/h2-13,22-23H,14H2,1H3. The Bertz CT molecular complexity index is 968. The van der Waals surface area contributed by atoms with Crippen molar-refractivity contribution in [3.63, 3.8) is 0 Å². The van der Waals surface area contributed by atoms with Crippen LogP contribution in [0.5, 0.6) is 0 Å². The molecular formula is C20H19ClN2O2S. The van der Waals surface area contributed by atoms with Gasteiger partial charge in [-0.05, 0) is 61.0 Å². The number of aryl methyl sites for hydroxylation is 1. The molecule has 4 nitrogen and oxygen atoms in total. The minimum absolute atomic E-state index is 0.244. The number of hydrogen-bond donors (Lipinski definition) is 2. The lowest BCUT2D eigenvalue weighted by molar-refractivity contribution is 0.601. The van der Waals surface area contributed by atoms with Crippen LogP contribution in [0.25, 0.3) is 0 Å². The summed E-state index contributed by atoms with van der Waals surface area (Å²) in [6.45, 7) is 2.57. The Morgan fingerprint density at radius 3 is 2.00 bits per heavy atom. The van der Waals surface area contributed by atoms with Gasteiger partial charge in [0.05, 0.1) is 4.90 Å². The van der Waals surface area contributed by atoms with E-state index in [0.717, 1.165) is 16.8 Å². The summed E-state index contributed by atoms with van der Waals surface area (Å²) in [5.74, 6) is 0. The molecule has 0 aliphatic rings. The number of anilines is 2. The Morgan fingerprint density at radius 1 is 0.808 bits per heavy atom. The zero-order valence-corrected chi connectivity index (χ0v) is 15.8. The van der Waals surface area contributed by atoms with Crippen molar-refractivity contribution in [2.24, 2.45) is 0 Å². The van der Waals surface area contributed by atoms with Gasteiger partial charge in [0.2, 0.25) is 0 Å². The highest BCUT2D eigenvalue weighted by atomic mass is 35.5. The van der Waals surface area contributed by atoms with Gasteiger partial charge < -0.3 is 5.32 Å². The third kappa shape index (κ3) is 4.77. The highest BCUT2D eigenvalue weighted by Gasteiger charge is 2.13. The van der Waals surface area contributed by atoms with Gasteiger partial charge in [0.15, 0.2) is 0 Å². The topological polar surface area (TPSA) is 58.2 Å².